The molecule has 7 nitrogen and oxygen atoms in total. The Morgan fingerprint density at radius 2 is 2.04 bits per heavy atom. The smallest absolute Gasteiger partial charge is 0.317 e. The highest BCUT2D eigenvalue weighted by Crippen LogP contribution is 2.19. The Hall–Kier alpha value is -2.28. The number of carboxylic acids is 1. The summed E-state index contributed by atoms with van der Waals surface area (Å²) in [6.07, 6.45) is 1.37. The van der Waals surface area contributed by atoms with Gasteiger partial charge in [-0.05, 0) is 30.5 Å². The zero-order chi connectivity index (χ0) is 17.6. The number of aliphatic carboxylic acids is 1. The van der Waals surface area contributed by atoms with Crippen LogP contribution >= 0.6 is 0 Å². The van der Waals surface area contributed by atoms with Crippen LogP contribution in [-0.4, -0.2) is 61.4 Å². The number of carbonyl (C=O) groups is 2. The van der Waals surface area contributed by atoms with Crippen LogP contribution in [0.2, 0.25) is 0 Å². The van der Waals surface area contributed by atoms with E-state index in [1.54, 1.807) is 4.90 Å². The Morgan fingerprint density at radius 3 is 2.80 bits per heavy atom. The molecule has 0 spiro atoms. The third-order valence-corrected chi connectivity index (χ3v) is 4.79. The van der Waals surface area contributed by atoms with E-state index in [1.165, 1.54) is 0 Å². The van der Waals surface area contributed by atoms with E-state index < -0.39 is 11.9 Å². The number of likely N-dealkylation sites (tertiary alicyclic amines) is 1. The molecule has 1 aromatic carbocycles. The molecule has 0 bridgehead atoms. The Labute approximate surface area is 147 Å². The SMILES string of the molecule is O=C(O)C1CCCN(C(=O)NCc2cccc(N3CCOCC3)c2)C1. The highest BCUT2D eigenvalue weighted by Gasteiger charge is 2.27. The number of carboxylic acid groups (broad SMARTS) is 1. The second-order valence-electron chi connectivity index (χ2n) is 6.55. The quantitative estimate of drug-likeness (QED) is 0.863. The Morgan fingerprint density at radius 1 is 1.24 bits per heavy atom. The van der Waals surface area contributed by atoms with Gasteiger partial charge in [-0.1, -0.05) is 12.1 Å². The number of hydrogen-bond acceptors (Lipinski definition) is 4. The van der Waals surface area contributed by atoms with Gasteiger partial charge < -0.3 is 25.0 Å². The molecule has 0 aliphatic carbocycles. The number of amides is 2. The van der Waals surface area contributed by atoms with E-state index in [9.17, 15) is 9.59 Å². The largest absolute Gasteiger partial charge is 0.481 e. The van der Waals surface area contributed by atoms with Crippen LogP contribution < -0.4 is 10.2 Å². The topological polar surface area (TPSA) is 82.1 Å². The normalized spacial score (nSPS) is 21.0. The van der Waals surface area contributed by atoms with E-state index in [4.69, 9.17) is 9.84 Å². The van der Waals surface area contributed by atoms with Crippen LogP contribution in [0.15, 0.2) is 24.3 Å². The van der Waals surface area contributed by atoms with Crippen molar-refractivity contribution < 1.29 is 19.4 Å². The van der Waals surface area contributed by atoms with E-state index in [0.717, 1.165) is 44.0 Å². The maximum atomic E-state index is 12.3. The van der Waals surface area contributed by atoms with Crippen LogP contribution in [-0.2, 0) is 16.1 Å². The van der Waals surface area contributed by atoms with Crippen LogP contribution in [0.1, 0.15) is 18.4 Å². The monoisotopic (exact) mass is 347 g/mol. The van der Waals surface area contributed by atoms with Crippen LogP contribution in [0, 0.1) is 5.92 Å². The molecule has 0 saturated carbocycles. The molecule has 1 atom stereocenters. The van der Waals surface area contributed by atoms with E-state index in [1.807, 2.05) is 12.1 Å². The van der Waals surface area contributed by atoms with Crippen molar-refractivity contribution in [3.8, 4) is 0 Å². The average molecular weight is 347 g/mol. The lowest BCUT2D eigenvalue weighted by Gasteiger charge is -2.31. The predicted octanol–water partition coefficient (Wildman–Crippen LogP) is 1.53. The molecular formula is C18H25N3O4. The summed E-state index contributed by atoms with van der Waals surface area (Å²) >= 11 is 0. The van der Waals surface area contributed by atoms with Crippen LogP contribution in [0.4, 0.5) is 10.5 Å². The number of nitrogens with one attached hydrogen (secondary N) is 1. The minimum atomic E-state index is -0.823. The molecule has 1 aromatic rings. The summed E-state index contributed by atoms with van der Waals surface area (Å²) in [5, 5.41) is 12.0. The molecule has 2 aliphatic rings. The number of nitrogens with zero attached hydrogens (tertiary/aromatic N) is 2. The maximum absolute atomic E-state index is 12.3. The summed E-state index contributed by atoms with van der Waals surface area (Å²) in [4.78, 5) is 27.3. The fourth-order valence-corrected chi connectivity index (χ4v) is 3.34. The first-order valence-electron chi connectivity index (χ1n) is 8.80. The molecule has 0 radical (unpaired) electrons. The first-order valence-corrected chi connectivity index (χ1v) is 8.80. The number of anilines is 1. The number of piperidine rings is 1. The van der Waals surface area contributed by atoms with Crippen molar-refractivity contribution in [1.29, 1.82) is 0 Å². The fourth-order valence-electron chi connectivity index (χ4n) is 3.34. The van der Waals surface area contributed by atoms with E-state index in [2.05, 4.69) is 22.3 Å². The first kappa shape index (κ1) is 17.5. The summed E-state index contributed by atoms with van der Waals surface area (Å²) in [6, 6.07) is 7.94. The summed E-state index contributed by atoms with van der Waals surface area (Å²) < 4.78 is 5.38. The van der Waals surface area contributed by atoms with Crippen LogP contribution in [0.25, 0.3) is 0 Å². The van der Waals surface area contributed by atoms with Crippen molar-refractivity contribution >= 4 is 17.7 Å². The zero-order valence-electron chi connectivity index (χ0n) is 14.3. The Kier molecular flexibility index (Phi) is 5.75. The number of hydrogen-bond donors (Lipinski definition) is 2. The van der Waals surface area contributed by atoms with Gasteiger partial charge in [0.05, 0.1) is 19.1 Å². The molecule has 3 rings (SSSR count). The number of morpholine rings is 1. The number of benzene rings is 1. The third-order valence-electron chi connectivity index (χ3n) is 4.79. The lowest BCUT2D eigenvalue weighted by molar-refractivity contribution is -0.143. The van der Waals surface area contributed by atoms with Crippen molar-refractivity contribution in [3.63, 3.8) is 0 Å². The van der Waals surface area contributed by atoms with Gasteiger partial charge in [-0.15, -0.1) is 0 Å². The molecule has 25 heavy (non-hydrogen) atoms. The van der Waals surface area contributed by atoms with Crippen molar-refractivity contribution in [2.45, 2.75) is 19.4 Å². The molecule has 136 valence electrons. The number of rotatable bonds is 4. The Bertz CT molecular complexity index is 616. The standard InChI is InChI=1S/C18H25N3O4/c22-17(23)15-4-2-6-21(13-15)18(24)19-12-14-3-1-5-16(11-14)20-7-9-25-10-8-20/h1,3,5,11,15H,2,4,6-10,12-13H2,(H,19,24)(H,22,23). The van der Waals surface area contributed by atoms with Crippen molar-refractivity contribution in [2.75, 3.05) is 44.3 Å². The summed E-state index contributed by atoms with van der Waals surface area (Å²) in [6.45, 7) is 4.56. The number of urea groups is 1. The molecule has 1 unspecified atom stereocenters. The lowest BCUT2D eigenvalue weighted by Crippen LogP contribution is -2.46. The van der Waals surface area contributed by atoms with Gasteiger partial charge in [0.2, 0.25) is 0 Å². The number of carbonyl (C=O) groups excluding carboxylic acids is 1. The molecule has 7 heteroatoms. The van der Waals surface area contributed by atoms with Crippen LogP contribution in [0.3, 0.4) is 0 Å². The van der Waals surface area contributed by atoms with Gasteiger partial charge in [-0.25, -0.2) is 4.79 Å². The first-order chi connectivity index (χ1) is 12.1. The minimum Gasteiger partial charge on any atom is -0.481 e. The molecule has 2 aliphatic heterocycles. The highest BCUT2D eigenvalue weighted by atomic mass is 16.5. The van der Waals surface area contributed by atoms with Gasteiger partial charge in [0.1, 0.15) is 0 Å². The summed E-state index contributed by atoms with van der Waals surface area (Å²) in [7, 11) is 0. The second-order valence-corrected chi connectivity index (χ2v) is 6.55. The molecule has 2 saturated heterocycles. The van der Waals surface area contributed by atoms with Gasteiger partial charge in [-0.3, -0.25) is 4.79 Å². The summed E-state index contributed by atoms with van der Waals surface area (Å²) in [5.41, 5.74) is 2.17. The van der Waals surface area contributed by atoms with Gasteiger partial charge in [0, 0.05) is 38.4 Å². The lowest BCUT2D eigenvalue weighted by atomic mass is 9.99. The maximum Gasteiger partial charge on any atom is 0.317 e. The Balaban J connectivity index is 1.54. The number of ether oxygens (including phenoxy) is 1. The van der Waals surface area contributed by atoms with Gasteiger partial charge in [-0.2, -0.15) is 0 Å². The molecule has 2 fully saturated rings. The average Bonchev–Trinajstić information content (AvgIpc) is 2.67. The molecule has 2 N–H and O–H groups in total. The van der Waals surface area contributed by atoms with E-state index >= 15 is 0 Å². The van der Waals surface area contributed by atoms with Gasteiger partial charge in [0.15, 0.2) is 0 Å². The van der Waals surface area contributed by atoms with E-state index in [-0.39, 0.29) is 12.6 Å². The molecule has 2 amide bonds. The minimum absolute atomic E-state index is 0.192. The predicted molar refractivity (Wildman–Crippen MR) is 93.6 cm³/mol. The van der Waals surface area contributed by atoms with Gasteiger partial charge >= 0.3 is 12.0 Å². The fraction of sp³-hybridized carbons (Fsp3) is 0.556. The van der Waals surface area contributed by atoms with Crippen LogP contribution in [0.5, 0.6) is 0 Å². The highest BCUT2D eigenvalue weighted by molar-refractivity contribution is 5.76. The third kappa shape index (κ3) is 4.63. The van der Waals surface area contributed by atoms with Crippen molar-refractivity contribution in [3.05, 3.63) is 29.8 Å². The summed E-state index contributed by atoms with van der Waals surface area (Å²) in [5.74, 6) is -1.28. The van der Waals surface area contributed by atoms with Crippen molar-refractivity contribution in [2.24, 2.45) is 5.92 Å². The zero-order valence-corrected chi connectivity index (χ0v) is 14.3. The van der Waals surface area contributed by atoms with E-state index in [0.29, 0.717) is 19.5 Å². The molecule has 2 heterocycles. The second kappa shape index (κ2) is 8.20. The molecule has 0 aromatic heterocycles. The van der Waals surface area contributed by atoms with Crippen molar-refractivity contribution in [1.82, 2.24) is 10.2 Å². The molecular weight excluding hydrogens is 322 g/mol. The van der Waals surface area contributed by atoms with Gasteiger partial charge in [0.25, 0.3) is 0 Å².